The van der Waals surface area contributed by atoms with Crippen molar-refractivity contribution >= 4 is 24.2 Å². The fourth-order valence-electron chi connectivity index (χ4n) is 2.18. The number of benzene rings is 2. The summed E-state index contributed by atoms with van der Waals surface area (Å²) in [7, 11) is 1.14. The molecule has 0 unspecified atom stereocenters. The highest BCUT2D eigenvalue weighted by molar-refractivity contribution is 6.13. The van der Waals surface area contributed by atoms with Gasteiger partial charge in [0.1, 0.15) is 5.75 Å². The molecule has 7 nitrogen and oxygen atoms in total. The van der Waals surface area contributed by atoms with Crippen LogP contribution in [0.4, 0.5) is 4.79 Å². The molecule has 0 amide bonds. The summed E-state index contributed by atoms with van der Waals surface area (Å²) in [6, 6.07) is 10.4. The molecule has 2 aromatic rings. The molecule has 0 saturated heterocycles. The van der Waals surface area contributed by atoms with Crippen LogP contribution >= 0.6 is 0 Å². The Balaban J connectivity index is 2.53. The lowest BCUT2D eigenvalue weighted by atomic mass is 9.99. The average molecular weight is 370 g/mol. The van der Waals surface area contributed by atoms with E-state index in [4.69, 9.17) is 9.47 Å². The number of hydrogen-bond acceptors (Lipinski definition) is 7. The Morgan fingerprint density at radius 1 is 0.926 bits per heavy atom. The van der Waals surface area contributed by atoms with Gasteiger partial charge in [-0.05, 0) is 24.3 Å². The second kappa shape index (κ2) is 8.75. The van der Waals surface area contributed by atoms with Gasteiger partial charge in [0.15, 0.2) is 12.0 Å². The molecule has 0 heterocycles. The summed E-state index contributed by atoms with van der Waals surface area (Å²) in [5.41, 5.74) is 0.100. The number of para-hydroxylation sites is 2. The van der Waals surface area contributed by atoms with Crippen molar-refractivity contribution < 1.29 is 33.4 Å². The third-order valence-electron chi connectivity index (χ3n) is 3.58. The molecule has 0 spiro atoms. The minimum absolute atomic E-state index is 0.00508. The van der Waals surface area contributed by atoms with Gasteiger partial charge >= 0.3 is 12.1 Å². The van der Waals surface area contributed by atoms with Gasteiger partial charge in [0.25, 0.3) is 0 Å². The summed E-state index contributed by atoms with van der Waals surface area (Å²) in [5, 5.41) is 0. The van der Waals surface area contributed by atoms with Crippen LogP contribution in [-0.4, -0.2) is 31.3 Å². The number of ether oxygens (including phenoxy) is 3. The molecule has 0 saturated carbocycles. The first-order valence-electron chi connectivity index (χ1n) is 8.08. The Kier molecular flexibility index (Phi) is 6.43. The van der Waals surface area contributed by atoms with Gasteiger partial charge < -0.3 is 14.2 Å². The second-order valence-corrected chi connectivity index (χ2v) is 5.80. The summed E-state index contributed by atoms with van der Waals surface area (Å²) < 4.78 is 14.7. The van der Waals surface area contributed by atoms with Crippen molar-refractivity contribution in [2.24, 2.45) is 5.92 Å². The lowest BCUT2D eigenvalue weighted by molar-refractivity contribution is -0.137. The fraction of sp³-hybridized carbons (Fsp3) is 0.200. The molecule has 140 valence electrons. The van der Waals surface area contributed by atoms with Crippen molar-refractivity contribution in [3.63, 3.8) is 0 Å². The van der Waals surface area contributed by atoms with E-state index in [0.717, 1.165) is 7.11 Å². The molecule has 0 aliphatic heterocycles. The normalized spacial score (nSPS) is 10.2. The molecule has 0 N–H and O–H groups in total. The summed E-state index contributed by atoms with van der Waals surface area (Å²) in [5.74, 6) is -1.78. The Bertz CT molecular complexity index is 884. The Hall–Kier alpha value is -3.48. The van der Waals surface area contributed by atoms with Gasteiger partial charge in [-0.1, -0.05) is 32.0 Å². The van der Waals surface area contributed by atoms with Gasteiger partial charge in [0, 0.05) is 0 Å². The van der Waals surface area contributed by atoms with E-state index in [9.17, 15) is 19.2 Å². The van der Waals surface area contributed by atoms with Gasteiger partial charge in [0.05, 0.1) is 29.7 Å². The number of hydrogen-bond donors (Lipinski definition) is 0. The fourth-order valence-corrected chi connectivity index (χ4v) is 2.18. The molecule has 2 aromatic carbocycles. The van der Waals surface area contributed by atoms with E-state index in [0.29, 0.717) is 6.29 Å². The van der Waals surface area contributed by atoms with Crippen molar-refractivity contribution in [3.05, 3.63) is 59.2 Å². The Morgan fingerprint density at radius 3 is 2.22 bits per heavy atom. The van der Waals surface area contributed by atoms with Crippen LogP contribution in [0, 0.1) is 5.92 Å². The topological polar surface area (TPSA) is 96.0 Å². The van der Waals surface area contributed by atoms with Crippen molar-refractivity contribution in [1.29, 1.82) is 0 Å². The van der Waals surface area contributed by atoms with Crippen LogP contribution < -0.4 is 9.47 Å². The van der Waals surface area contributed by atoms with Crippen LogP contribution in [0.1, 0.15) is 40.1 Å². The molecule has 0 aliphatic carbocycles. The first kappa shape index (κ1) is 19.8. The summed E-state index contributed by atoms with van der Waals surface area (Å²) in [6.07, 6.45) is -0.486. The monoisotopic (exact) mass is 370 g/mol. The van der Waals surface area contributed by atoms with E-state index in [2.05, 4.69) is 4.74 Å². The largest absolute Gasteiger partial charge is 0.513 e. The number of methoxy groups -OCH3 is 1. The van der Waals surface area contributed by atoms with E-state index in [1.807, 2.05) is 0 Å². The zero-order chi connectivity index (χ0) is 20.0. The van der Waals surface area contributed by atoms with Crippen molar-refractivity contribution in [3.8, 4) is 11.5 Å². The van der Waals surface area contributed by atoms with Gasteiger partial charge in [-0.15, -0.1) is 0 Å². The minimum atomic E-state index is -0.983. The Morgan fingerprint density at radius 2 is 1.59 bits per heavy atom. The van der Waals surface area contributed by atoms with E-state index in [-0.39, 0.29) is 28.2 Å². The van der Waals surface area contributed by atoms with Crippen molar-refractivity contribution in [2.45, 2.75) is 13.8 Å². The van der Waals surface area contributed by atoms with Gasteiger partial charge in [-0.25, -0.2) is 4.79 Å². The maximum Gasteiger partial charge on any atom is 0.513 e. The maximum absolute atomic E-state index is 13.0. The summed E-state index contributed by atoms with van der Waals surface area (Å²) in [6.45, 7) is 3.26. The van der Waals surface area contributed by atoms with Crippen LogP contribution in [0.25, 0.3) is 0 Å². The lowest BCUT2D eigenvalue weighted by Gasteiger charge is -2.14. The minimum Gasteiger partial charge on any atom is -0.437 e. The van der Waals surface area contributed by atoms with E-state index in [1.165, 1.54) is 30.3 Å². The van der Waals surface area contributed by atoms with E-state index < -0.39 is 23.8 Å². The third-order valence-corrected chi connectivity index (χ3v) is 3.58. The number of ketones is 1. The SMILES string of the molecule is COC(=O)Oc1ccccc1C(=O)c1cccc(C=O)c1OC(=O)C(C)C. The summed E-state index contributed by atoms with van der Waals surface area (Å²) >= 11 is 0. The van der Waals surface area contributed by atoms with Crippen LogP contribution in [0.2, 0.25) is 0 Å². The molecule has 0 fully saturated rings. The molecular weight excluding hydrogens is 352 g/mol. The van der Waals surface area contributed by atoms with Crippen LogP contribution in [0.3, 0.4) is 0 Å². The van der Waals surface area contributed by atoms with E-state index in [1.54, 1.807) is 26.0 Å². The molecule has 7 heteroatoms. The predicted molar refractivity (Wildman–Crippen MR) is 95.2 cm³/mol. The molecule has 27 heavy (non-hydrogen) atoms. The highest BCUT2D eigenvalue weighted by Gasteiger charge is 2.24. The zero-order valence-electron chi connectivity index (χ0n) is 15.1. The number of rotatable bonds is 6. The highest BCUT2D eigenvalue weighted by atomic mass is 16.7. The smallest absolute Gasteiger partial charge is 0.437 e. The first-order valence-corrected chi connectivity index (χ1v) is 8.08. The van der Waals surface area contributed by atoms with Gasteiger partial charge in [0.2, 0.25) is 5.78 Å². The molecule has 0 aromatic heterocycles. The van der Waals surface area contributed by atoms with Crippen molar-refractivity contribution in [1.82, 2.24) is 0 Å². The molecular formula is C20H18O7. The molecule has 0 bridgehead atoms. The summed E-state index contributed by atoms with van der Waals surface area (Å²) in [4.78, 5) is 47.8. The zero-order valence-corrected chi connectivity index (χ0v) is 15.1. The van der Waals surface area contributed by atoms with E-state index >= 15 is 0 Å². The average Bonchev–Trinajstić information content (AvgIpc) is 2.67. The number of carbonyl (C=O) groups is 4. The first-order chi connectivity index (χ1) is 12.9. The second-order valence-electron chi connectivity index (χ2n) is 5.80. The highest BCUT2D eigenvalue weighted by Crippen LogP contribution is 2.29. The van der Waals surface area contributed by atoms with Crippen LogP contribution in [0.5, 0.6) is 11.5 Å². The predicted octanol–water partition coefficient (Wildman–Crippen LogP) is 3.44. The third kappa shape index (κ3) is 4.58. The number of aldehydes is 1. The van der Waals surface area contributed by atoms with Gasteiger partial charge in [-0.2, -0.15) is 0 Å². The standard InChI is InChI=1S/C20H18O7/c1-12(2)19(23)27-18-13(11-21)7-6-9-15(18)17(22)14-8-4-5-10-16(14)26-20(24)25-3/h4-12H,1-3H3. The number of esters is 1. The maximum atomic E-state index is 13.0. The van der Waals surface area contributed by atoms with Crippen molar-refractivity contribution in [2.75, 3.05) is 7.11 Å². The molecule has 0 aliphatic rings. The number of carbonyl (C=O) groups excluding carboxylic acids is 4. The lowest BCUT2D eigenvalue weighted by Crippen LogP contribution is -2.18. The van der Waals surface area contributed by atoms with Crippen LogP contribution in [-0.2, 0) is 9.53 Å². The quantitative estimate of drug-likeness (QED) is 0.253. The molecule has 2 rings (SSSR count). The van der Waals surface area contributed by atoms with Crippen LogP contribution in [0.15, 0.2) is 42.5 Å². The van der Waals surface area contributed by atoms with Gasteiger partial charge in [-0.3, -0.25) is 14.4 Å². The Labute approximate surface area is 155 Å². The molecule has 0 atom stereocenters. The molecule has 0 radical (unpaired) electrons.